The number of methoxy groups -OCH3 is 1. The molecule has 0 bridgehead atoms. The maximum Gasteiger partial charge on any atom is 0.124 e. The van der Waals surface area contributed by atoms with Gasteiger partial charge in [-0.2, -0.15) is 0 Å². The molecule has 1 aromatic heterocycles. The van der Waals surface area contributed by atoms with Crippen LogP contribution < -0.4 is 4.74 Å². The molecule has 0 aliphatic carbocycles. The summed E-state index contributed by atoms with van der Waals surface area (Å²) in [4.78, 5) is 4.26. The number of aromatic nitrogens is 1. The van der Waals surface area contributed by atoms with Crippen molar-refractivity contribution in [3.05, 3.63) is 47.8 Å². The van der Waals surface area contributed by atoms with Crippen LogP contribution in [0.5, 0.6) is 5.75 Å². The summed E-state index contributed by atoms with van der Waals surface area (Å²) < 4.78 is 5.24. The highest BCUT2D eigenvalue weighted by Crippen LogP contribution is 2.26. The monoisotopic (exact) mass is 229 g/mol. The number of hydrogen-bond donors (Lipinski definition) is 1. The van der Waals surface area contributed by atoms with Crippen LogP contribution in [0.4, 0.5) is 0 Å². The highest BCUT2D eigenvalue weighted by molar-refractivity contribution is 5.65. The predicted octanol–water partition coefficient (Wildman–Crippen LogP) is 2.56. The van der Waals surface area contributed by atoms with Crippen LogP contribution >= 0.6 is 0 Å². The lowest BCUT2D eigenvalue weighted by Crippen LogP contribution is -1.92. The Morgan fingerprint density at radius 3 is 2.53 bits per heavy atom. The minimum atomic E-state index is -0.0183. The summed E-state index contributed by atoms with van der Waals surface area (Å²) >= 11 is 0. The smallest absolute Gasteiger partial charge is 0.124 e. The van der Waals surface area contributed by atoms with Gasteiger partial charge in [-0.1, -0.05) is 18.2 Å². The number of rotatable bonds is 3. The van der Waals surface area contributed by atoms with Crippen molar-refractivity contribution < 1.29 is 9.84 Å². The van der Waals surface area contributed by atoms with Crippen molar-refractivity contribution >= 4 is 0 Å². The zero-order valence-electron chi connectivity index (χ0n) is 9.97. The van der Waals surface area contributed by atoms with Crippen LogP contribution in [0.25, 0.3) is 11.1 Å². The fourth-order valence-corrected chi connectivity index (χ4v) is 1.69. The molecule has 0 atom stereocenters. The largest absolute Gasteiger partial charge is 0.496 e. The van der Waals surface area contributed by atoms with E-state index >= 15 is 0 Å². The topological polar surface area (TPSA) is 42.4 Å². The Labute approximate surface area is 101 Å². The van der Waals surface area contributed by atoms with Crippen molar-refractivity contribution in [2.24, 2.45) is 0 Å². The van der Waals surface area contributed by atoms with Crippen molar-refractivity contribution in [2.45, 2.75) is 13.5 Å². The van der Waals surface area contributed by atoms with E-state index in [-0.39, 0.29) is 6.61 Å². The Morgan fingerprint density at radius 2 is 1.94 bits per heavy atom. The Kier molecular flexibility index (Phi) is 3.40. The van der Waals surface area contributed by atoms with Crippen LogP contribution in [0.15, 0.2) is 36.5 Å². The molecule has 0 amide bonds. The molecule has 0 fully saturated rings. The first kappa shape index (κ1) is 11.6. The van der Waals surface area contributed by atoms with Gasteiger partial charge in [0.15, 0.2) is 0 Å². The summed E-state index contributed by atoms with van der Waals surface area (Å²) in [5.41, 5.74) is 3.86. The molecule has 1 N–H and O–H groups in total. The van der Waals surface area contributed by atoms with Gasteiger partial charge in [-0.15, -0.1) is 0 Å². The van der Waals surface area contributed by atoms with Crippen LogP contribution in [0.2, 0.25) is 0 Å². The third-order valence-electron chi connectivity index (χ3n) is 2.70. The first-order chi connectivity index (χ1) is 8.24. The molecule has 17 heavy (non-hydrogen) atoms. The van der Waals surface area contributed by atoms with E-state index < -0.39 is 0 Å². The normalized spacial score (nSPS) is 10.3. The quantitative estimate of drug-likeness (QED) is 0.879. The summed E-state index contributed by atoms with van der Waals surface area (Å²) in [5, 5.41) is 9.16. The molecule has 3 heteroatoms. The first-order valence-corrected chi connectivity index (χ1v) is 5.45. The summed E-state index contributed by atoms with van der Waals surface area (Å²) in [6.07, 6.45) is 1.84. The molecule has 0 unspecified atom stereocenters. The van der Waals surface area contributed by atoms with Gasteiger partial charge in [0.05, 0.1) is 13.7 Å². The van der Waals surface area contributed by atoms with E-state index in [2.05, 4.69) is 4.98 Å². The maximum atomic E-state index is 9.16. The number of pyridine rings is 1. The molecular weight excluding hydrogens is 214 g/mol. The number of benzene rings is 1. The Balaban J connectivity index is 2.42. The van der Waals surface area contributed by atoms with Gasteiger partial charge < -0.3 is 9.84 Å². The Morgan fingerprint density at radius 1 is 1.18 bits per heavy atom. The molecule has 2 aromatic rings. The van der Waals surface area contributed by atoms with Gasteiger partial charge in [-0.3, -0.25) is 4.98 Å². The van der Waals surface area contributed by atoms with Crippen molar-refractivity contribution in [3.63, 3.8) is 0 Å². The minimum Gasteiger partial charge on any atom is -0.496 e. The van der Waals surface area contributed by atoms with Crippen LogP contribution in [0.3, 0.4) is 0 Å². The molecule has 0 saturated carbocycles. The molecule has 1 aromatic carbocycles. The summed E-state index contributed by atoms with van der Waals surface area (Å²) in [6, 6.07) is 9.74. The van der Waals surface area contributed by atoms with E-state index in [1.54, 1.807) is 7.11 Å². The lowest BCUT2D eigenvalue weighted by atomic mass is 10.0. The summed E-state index contributed by atoms with van der Waals surface area (Å²) in [7, 11) is 1.60. The second kappa shape index (κ2) is 4.97. The summed E-state index contributed by atoms with van der Waals surface area (Å²) in [5.74, 6) is 0.700. The molecule has 0 saturated heterocycles. The molecule has 88 valence electrons. The van der Waals surface area contributed by atoms with Crippen LogP contribution in [-0.4, -0.2) is 17.2 Å². The summed E-state index contributed by atoms with van der Waals surface area (Å²) in [6.45, 7) is 1.94. The highest BCUT2D eigenvalue weighted by Gasteiger charge is 2.05. The molecule has 0 radical (unpaired) electrons. The first-order valence-electron chi connectivity index (χ1n) is 5.45. The van der Waals surface area contributed by atoms with Crippen LogP contribution in [0.1, 0.15) is 11.3 Å². The van der Waals surface area contributed by atoms with E-state index in [1.807, 2.05) is 43.5 Å². The van der Waals surface area contributed by atoms with Gasteiger partial charge in [0.2, 0.25) is 0 Å². The van der Waals surface area contributed by atoms with Gasteiger partial charge in [0, 0.05) is 23.0 Å². The van der Waals surface area contributed by atoms with Crippen molar-refractivity contribution in [1.82, 2.24) is 4.98 Å². The molecule has 0 spiro atoms. The Bertz CT molecular complexity index is 506. The second-order valence-corrected chi connectivity index (χ2v) is 3.87. The fourth-order valence-electron chi connectivity index (χ4n) is 1.69. The standard InChI is InChI=1S/C14H15NO2/c1-10-3-4-12(8-15-10)11-5-6-13(9-16)14(7-11)17-2/h3-8,16H,9H2,1-2H3. The third kappa shape index (κ3) is 2.45. The van der Waals surface area contributed by atoms with Crippen molar-refractivity contribution in [3.8, 4) is 16.9 Å². The average Bonchev–Trinajstić information content (AvgIpc) is 2.39. The maximum absolute atomic E-state index is 9.16. The van der Waals surface area contributed by atoms with Crippen LogP contribution in [-0.2, 0) is 6.61 Å². The molecule has 3 nitrogen and oxygen atoms in total. The van der Waals surface area contributed by atoms with Gasteiger partial charge in [-0.25, -0.2) is 0 Å². The van der Waals surface area contributed by atoms with Gasteiger partial charge in [0.25, 0.3) is 0 Å². The Hall–Kier alpha value is -1.87. The second-order valence-electron chi connectivity index (χ2n) is 3.87. The number of aryl methyl sites for hydroxylation is 1. The van der Waals surface area contributed by atoms with Gasteiger partial charge >= 0.3 is 0 Å². The van der Waals surface area contributed by atoms with E-state index in [9.17, 15) is 0 Å². The lowest BCUT2D eigenvalue weighted by molar-refractivity contribution is 0.274. The van der Waals surface area contributed by atoms with E-state index in [0.717, 1.165) is 22.4 Å². The minimum absolute atomic E-state index is 0.0183. The third-order valence-corrected chi connectivity index (χ3v) is 2.70. The fraction of sp³-hybridized carbons (Fsp3) is 0.214. The SMILES string of the molecule is COc1cc(-c2ccc(C)nc2)ccc1CO. The molecule has 0 aliphatic heterocycles. The zero-order valence-corrected chi connectivity index (χ0v) is 9.97. The molecule has 0 aliphatic rings. The molecule has 2 rings (SSSR count). The zero-order chi connectivity index (χ0) is 12.3. The van der Waals surface area contributed by atoms with Crippen LogP contribution in [0, 0.1) is 6.92 Å². The molecule has 1 heterocycles. The van der Waals surface area contributed by atoms with E-state index in [0.29, 0.717) is 5.75 Å². The van der Waals surface area contributed by atoms with Crippen molar-refractivity contribution in [2.75, 3.05) is 7.11 Å². The van der Waals surface area contributed by atoms with Crippen molar-refractivity contribution in [1.29, 1.82) is 0 Å². The predicted molar refractivity (Wildman–Crippen MR) is 66.9 cm³/mol. The van der Waals surface area contributed by atoms with Gasteiger partial charge in [0.1, 0.15) is 5.75 Å². The average molecular weight is 229 g/mol. The number of aliphatic hydroxyl groups excluding tert-OH is 1. The van der Waals surface area contributed by atoms with E-state index in [1.165, 1.54) is 0 Å². The van der Waals surface area contributed by atoms with E-state index in [4.69, 9.17) is 9.84 Å². The number of ether oxygens (including phenoxy) is 1. The highest BCUT2D eigenvalue weighted by atomic mass is 16.5. The number of hydrogen-bond acceptors (Lipinski definition) is 3. The lowest BCUT2D eigenvalue weighted by Gasteiger charge is -2.09. The number of nitrogens with zero attached hydrogens (tertiary/aromatic N) is 1. The molecular formula is C14H15NO2. The van der Waals surface area contributed by atoms with Gasteiger partial charge in [-0.05, 0) is 24.6 Å². The number of aliphatic hydroxyl groups is 1.